The molecule has 0 radical (unpaired) electrons. The number of aliphatic hydroxyl groups excluding tert-OH is 1. The molecule has 2 amide bonds. The fourth-order valence-corrected chi connectivity index (χ4v) is 9.18. The molecule has 11 heteroatoms. The number of carbonyl (C=O) groups excluding carboxylic acids is 2. The summed E-state index contributed by atoms with van der Waals surface area (Å²) in [6.45, 7) is 10.5. The second-order valence-electron chi connectivity index (χ2n) is 11.1. The Balaban J connectivity index is 1.53. The Hall–Kier alpha value is -2.89. The molecule has 4 atom stereocenters. The Morgan fingerprint density at radius 2 is 2.13 bits per heavy atom. The molecule has 0 unspecified atom stereocenters. The van der Waals surface area contributed by atoms with Crippen LogP contribution in [0.25, 0.3) is 0 Å². The Morgan fingerprint density at radius 3 is 2.79 bits per heavy atom. The van der Waals surface area contributed by atoms with Gasteiger partial charge in [-0.2, -0.15) is 0 Å². The number of carbonyl (C=O) groups is 2. The average molecular weight is 542 g/mol. The van der Waals surface area contributed by atoms with E-state index in [-0.39, 0.29) is 18.4 Å². The van der Waals surface area contributed by atoms with E-state index in [0.717, 1.165) is 17.8 Å². The van der Waals surface area contributed by atoms with Crippen molar-refractivity contribution < 1.29 is 23.5 Å². The van der Waals surface area contributed by atoms with E-state index in [2.05, 4.69) is 16.9 Å². The van der Waals surface area contributed by atoms with Gasteiger partial charge in [-0.3, -0.25) is 14.3 Å². The first-order chi connectivity index (χ1) is 18.1. The zero-order chi connectivity index (χ0) is 27.2. The van der Waals surface area contributed by atoms with E-state index in [1.807, 2.05) is 25.1 Å². The van der Waals surface area contributed by atoms with Crippen molar-refractivity contribution in [3.8, 4) is 0 Å². The van der Waals surface area contributed by atoms with Crippen LogP contribution in [0.5, 0.6) is 0 Å². The van der Waals surface area contributed by atoms with Crippen LogP contribution in [0.1, 0.15) is 37.4 Å². The van der Waals surface area contributed by atoms with Crippen LogP contribution < -0.4 is 9.80 Å². The Morgan fingerprint density at radius 1 is 1.34 bits per heavy atom. The lowest BCUT2D eigenvalue weighted by molar-refractivity contribution is -0.145. The van der Waals surface area contributed by atoms with Gasteiger partial charge in [-0.1, -0.05) is 18.2 Å². The highest BCUT2D eigenvalue weighted by Gasteiger charge is 2.66. The topological polar surface area (TPSA) is 101 Å². The highest BCUT2D eigenvalue weighted by Crippen LogP contribution is 2.60. The number of rotatable bonds is 9. The molecule has 1 spiro atoms. The summed E-state index contributed by atoms with van der Waals surface area (Å²) >= 11 is 0. The van der Waals surface area contributed by atoms with Gasteiger partial charge in [-0.05, 0) is 44.1 Å². The quantitative estimate of drug-likeness (QED) is 0.297. The van der Waals surface area contributed by atoms with Crippen LogP contribution in [0.4, 0.5) is 15.5 Å². The molecule has 3 aliphatic heterocycles. The van der Waals surface area contributed by atoms with Gasteiger partial charge in [-0.25, -0.2) is 0 Å². The number of anilines is 2. The summed E-state index contributed by atoms with van der Waals surface area (Å²) in [5.41, 5.74) is 1.08. The molecule has 38 heavy (non-hydrogen) atoms. The average Bonchev–Trinajstić information content (AvgIpc) is 3.61. The number of halogens is 1. The molecule has 0 aliphatic carbocycles. The fraction of sp³-hybridized carbons (Fsp3) is 0.556. The lowest BCUT2D eigenvalue weighted by Crippen LogP contribution is -2.45. The van der Waals surface area contributed by atoms with Gasteiger partial charge < -0.3 is 23.8 Å². The summed E-state index contributed by atoms with van der Waals surface area (Å²) in [4.78, 5) is 30.1. The summed E-state index contributed by atoms with van der Waals surface area (Å²) in [7, 11) is -3.29. The molecule has 1 N–H and O–H groups in total. The van der Waals surface area contributed by atoms with E-state index in [1.54, 1.807) is 39.8 Å². The van der Waals surface area contributed by atoms with Gasteiger partial charge in [0.05, 0.1) is 17.5 Å². The van der Waals surface area contributed by atoms with Crippen LogP contribution in [0, 0.1) is 5.92 Å². The van der Waals surface area contributed by atoms with Crippen molar-refractivity contribution in [2.24, 2.45) is 5.92 Å². The number of hydrogen-bond acceptors (Lipinski definition) is 6. The van der Waals surface area contributed by atoms with Crippen LogP contribution in [-0.4, -0.2) is 66.1 Å². The van der Waals surface area contributed by atoms with E-state index in [4.69, 9.17) is 4.74 Å². The second-order valence-corrected chi connectivity index (χ2v) is 14.9. The van der Waals surface area contributed by atoms with E-state index in [9.17, 15) is 14.7 Å². The third kappa shape index (κ3) is 4.30. The molecule has 1 aromatic carbocycles. The van der Waals surface area contributed by atoms with Crippen molar-refractivity contribution in [1.82, 2.24) is 15.0 Å². The maximum absolute atomic E-state index is 16.0. The molecule has 2 saturated heterocycles. The normalized spacial score (nSPS) is 27.1. The van der Waals surface area contributed by atoms with Gasteiger partial charge in [0.1, 0.15) is 0 Å². The molecule has 2 aromatic rings. The molecular formula is C27H36FN5O4Si. The minimum absolute atomic E-state index is 0.0120. The third-order valence-electron chi connectivity index (χ3n) is 8.24. The molecule has 9 nitrogen and oxygen atoms in total. The molecule has 2 fully saturated rings. The minimum atomic E-state index is -3.29. The van der Waals surface area contributed by atoms with Gasteiger partial charge >= 0.3 is 0 Å². The molecule has 1 aromatic heterocycles. The summed E-state index contributed by atoms with van der Waals surface area (Å²) in [5, 5.41) is 17.4. The van der Waals surface area contributed by atoms with Crippen molar-refractivity contribution in [1.29, 1.82) is 0 Å². The highest BCUT2D eigenvalue weighted by atomic mass is 28.4. The molecule has 0 saturated carbocycles. The van der Waals surface area contributed by atoms with Crippen molar-refractivity contribution in [3.63, 3.8) is 0 Å². The van der Waals surface area contributed by atoms with E-state index < -0.39 is 31.6 Å². The van der Waals surface area contributed by atoms with Crippen LogP contribution >= 0.6 is 0 Å². The number of fused-ring (bicyclic) bond motifs is 2. The third-order valence-corrected chi connectivity index (χ3v) is 10.7. The van der Waals surface area contributed by atoms with Gasteiger partial charge in [0.2, 0.25) is 14.3 Å². The van der Waals surface area contributed by atoms with Crippen LogP contribution in [0.3, 0.4) is 0 Å². The number of nitrogens with zero attached hydrogens (tertiary/aromatic N) is 5. The Labute approximate surface area is 223 Å². The first-order valence-corrected chi connectivity index (χ1v) is 16.3. The zero-order valence-electron chi connectivity index (χ0n) is 22.3. The van der Waals surface area contributed by atoms with E-state index >= 15 is 4.11 Å². The fourth-order valence-electron chi connectivity index (χ4n) is 6.64. The van der Waals surface area contributed by atoms with Crippen molar-refractivity contribution in [3.05, 3.63) is 48.3 Å². The Kier molecular flexibility index (Phi) is 7.04. The van der Waals surface area contributed by atoms with Gasteiger partial charge in [-0.15, -0.1) is 11.7 Å². The zero-order valence-corrected chi connectivity index (χ0v) is 23.3. The summed E-state index contributed by atoms with van der Waals surface area (Å²) in [5.74, 6) is -0.555. The molecule has 0 bridgehead atoms. The van der Waals surface area contributed by atoms with Gasteiger partial charge in [0.15, 0.2) is 5.60 Å². The number of benzene rings is 1. The monoisotopic (exact) mass is 541 g/mol. The van der Waals surface area contributed by atoms with Crippen molar-refractivity contribution >= 4 is 31.6 Å². The smallest absolute Gasteiger partial charge is 0.264 e. The highest BCUT2D eigenvalue weighted by molar-refractivity contribution is 6.72. The summed E-state index contributed by atoms with van der Waals surface area (Å²) < 4.78 is 24.4. The van der Waals surface area contributed by atoms with Crippen LogP contribution in [0.15, 0.2) is 37.1 Å². The molecule has 204 valence electrons. The molecule has 4 heterocycles. The SMILES string of the molecule is C=CCN1C(=O)[C@]2(O[C@H](CCn3cc(CCO)nn3)[C@@H]([Si](C)(C)F)[C@@H]2C)c2cc(N3CCCC3=O)ccc21. The predicted molar refractivity (Wildman–Crippen MR) is 144 cm³/mol. The lowest BCUT2D eigenvalue weighted by Gasteiger charge is -2.31. The summed E-state index contributed by atoms with van der Waals surface area (Å²) in [6, 6.07) is 5.66. The first-order valence-electron chi connectivity index (χ1n) is 13.4. The number of aromatic nitrogens is 3. The van der Waals surface area contributed by atoms with E-state index in [0.29, 0.717) is 50.2 Å². The maximum Gasteiger partial charge on any atom is 0.264 e. The van der Waals surface area contributed by atoms with Crippen molar-refractivity contribution in [2.75, 3.05) is 29.5 Å². The van der Waals surface area contributed by atoms with Crippen molar-refractivity contribution in [2.45, 2.75) is 69.5 Å². The maximum atomic E-state index is 16.0. The van der Waals surface area contributed by atoms with E-state index in [1.165, 1.54) is 0 Å². The number of aliphatic hydroxyl groups is 1. The van der Waals surface area contributed by atoms with Gasteiger partial charge in [0, 0.05) is 68.0 Å². The largest absolute Gasteiger partial charge is 0.396 e. The molecule has 5 rings (SSSR count). The second kappa shape index (κ2) is 10.0. The van der Waals surface area contributed by atoms with Crippen LogP contribution in [-0.2, 0) is 32.9 Å². The number of amides is 2. The number of aryl methyl sites for hydroxylation is 1. The van der Waals surface area contributed by atoms with Gasteiger partial charge in [0.25, 0.3) is 5.91 Å². The molecule has 3 aliphatic rings. The Bertz CT molecular complexity index is 1250. The van der Waals surface area contributed by atoms with Crippen LogP contribution in [0.2, 0.25) is 18.6 Å². The lowest BCUT2D eigenvalue weighted by atomic mass is 9.82. The minimum Gasteiger partial charge on any atom is -0.396 e. The standard InChI is InChI=1S/C27H36FN5O4Si/c1-5-12-33-22-9-8-20(32-13-6-7-24(32)35)16-21(22)27(26(33)36)18(2)25(38(3,4)28)23(37-27)10-14-31-17-19(11-15-34)29-30-31/h5,8-9,16-18,23,25,34H,1,6-7,10-15H2,2-4H3/t18-,23+,25-,27+/m0/s1. The first kappa shape index (κ1) is 26.7. The number of hydrogen-bond donors (Lipinski definition) is 1. The predicted octanol–water partition coefficient (Wildman–Crippen LogP) is 3.34. The summed E-state index contributed by atoms with van der Waals surface area (Å²) in [6.07, 6.45) is 5.13. The number of ether oxygens (including phenoxy) is 1. The molecular weight excluding hydrogens is 505 g/mol.